The minimum absolute atomic E-state index is 0.499. The van der Waals surface area contributed by atoms with Crippen LogP contribution in [-0.2, 0) is 4.79 Å². The number of alkyl halides is 6. The molecule has 0 aliphatic heterocycles. The van der Waals surface area contributed by atoms with Crippen molar-refractivity contribution in [2.45, 2.75) is 37.3 Å². The zero-order valence-corrected chi connectivity index (χ0v) is 11.3. The highest BCUT2D eigenvalue weighted by Gasteiger charge is 2.71. The van der Waals surface area contributed by atoms with Crippen molar-refractivity contribution in [2.75, 3.05) is 0 Å². The van der Waals surface area contributed by atoms with Crippen molar-refractivity contribution in [1.29, 1.82) is 0 Å². The number of rotatable bonds is 4. The zero-order chi connectivity index (χ0) is 17.2. The summed E-state index contributed by atoms with van der Waals surface area (Å²) in [6.45, 7) is 1.40. The Morgan fingerprint density at radius 2 is 1.55 bits per heavy atom. The third kappa shape index (κ3) is 3.90. The van der Waals surface area contributed by atoms with Crippen molar-refractivity contribution < 1.29 is 36.2 Å². The summed E-state index contributed by atoms with van der Waals surface area (Å²) in [4.78, 5) is 11.5. The number of halogens is 6. The van der Waals surface area contributed by atoms with Gasteiger partial charge in [-0.1, -0.05) is 30.3 Å². The summed E-state index contributed by atoms with van der Waals surface area (Å²) in [7, 11) is 0. The van der Waals surface area contributed by atoms with E-state index in [4.69, 9.17) is 5.11 Å². The summed E-state index contributed by atoms with van der Waals surface area (Å²) in [5.74, 6) is -1.56. The summed E-state index contributed by atoms with van der Waals surface area (Å²) >= 11 is 0. The first-order chi connectivity index (χ1) is 9.88. The lowest BCUT2D eigenvalue weighted by atomic mass is 9.97. The van der Waals surface area contributed by atoms with Gasteiger partial charge in [-0.15, -0.1) is 0 Å². The van der Waals surface area contributed by atoms with Gasteiger partial charge in [-0.2, -0.15) is 26.3 Å². The Balaban J connectivity index is 2.86. The molecule has 0 aromatic heterocycles. The molecule has 0 saturated heterocycles. The molecular weight excluding hydrogens is 316 g/mol. The van der Waals surface area contributed by atoms with Gasteiger partial charge in [0, 0.05) is 0 Å². The lowest BCUT2D eigenvalue weighted by Gasteiger charge is -2.32. The first-order valence-corrected chi connectivity index (χ1v) is 6.08. The van der Waals surface area contributed by atoms with Crippen LogP contribution in [0.1, 0.15) is 24.9 Å². The standard InChI is InChI=1S/C13H13F6NO2/c1-8(9-5-3-2-4-6-9)20-10(21)7-11(22,12(14,15)16)13(17,18)19/h2-6,8,22H,7H2,1H3,(H,20,21)/t8-/m1/s1. The Labute approximate surface area is 121 Å². The molecule has 0 spiro atoms. The molecule has 1 rings (SSSR count). The predicted molar refractivity (Wildman–Crippen MR) is 64.7 cm³/mol. The molecule has 2 N–H and O–H groups in total. The Bertz CT molecular complexity index is 498. The number of carbonyl (C=O) groups excluding carboxylic acids is 1. The zero-order valence-electron chi connectivity index (χ0n) is 11.3. The fourth-order valence-corrected chi connectivity index (χ4v) is 1.71. The van der Waals surface area contributed by atoms with Crippen LogP contribution in [0.4, 0.5) is 26.3 Å². The van der Waals surface area contributed by atoms with Crippen molar-refractivity contribution in [3.05, 3.63) is 35.9 Å². The van der Waals surface area contributed by atoms with Crippen molar-refractivity contribution in [3.8, 4) is 0 Å². The average molecular weight is 329 g/mol. The van der Waals surface area contributed by atoms with E-state index in [1.54, 1.807) is 30.3 Å². The molecule has 9 heteroatoms. The van der Waals surface area contributed by atoms with Crippen molar-refractivity contribution >= 4 is 5.91 Å². The molecule has 0 saturated carbocycles. The van der Waals surface area contributed by atoms with E-state index in [-0.39, 0.29) is 0 Å². The molecule has 0 heterocycles. The van der Waals surface area contributed by atoms with Gasteiger partial charge in [-0.25, -0.2) is 0 Å². The van der Waals surface area contributed by atoms with Gasteiger partial charge in [-0.3, -0.25) is 4.79 Å². The molecular formula is C13H13F6NO2. The Morgan fingerprint density at radius 1 is 1.09 bits per heavy atom. The van der Waals surface area contributed by atoms with Gasteiger partial charge >= 0.3 is 12.4 Å². The molecule has 1 aromatic carbocycles. The minimum Gasteiger partial charge on any atom is -0.373 e. The number of hydrogen-bond acceptors (Lipinski definition) is 2. The predicted octanol–water partition coefficient (Wildman–Crippen LogP) is 3.11. The Kier molecular flexibility index (Phi) is 5.11. The summed E-state index contributed by atoms with van der Waals surface area (Å²) < 4.78 is 74.8. The molecule has 0 radical (unpaired) electrons. The molecule has 0 aliphatic carbocycles. The summed E-state index contributed by atoms with van der Waals surface area (Å²) in [5.41, 5.74) is -4.58. The van der Waals surface area contributed by atoms with Crippen LogP contribution >= 0.6 is 0 Å². The van der Waals surface area contributed by atoms with Crippen LogP contribution in [0, 0.1) is 0 Å². The van der Waals surface area contributed by atoms with E-state index in [9.17, 15) is 31.1 Å². The van der Waals surface area contributed by atoms with Gasteiger partial charge in [0.05, 0.1) is 12.5 Å². The number of benzene rings is 1. The van der Waals surface area contributed by atoms with E-state index in [0.717, 1.165) is 0 Å². The molecule has 3 nitrogen and oxygen atoms in total. The molecule has 22 heavy (non-hydrogen) atoms. The third-order valence-electron chi connectivity index (χ3n) is 3.03. The molecule has 1 atom stereocenters. The SMILES string of the molecule is C[C@@H](NC(=O)CC(O)(C(F)(F)F)C(F)(F)F)c1ccccc1. The third-order valence-corrected chi connectivity index (χ3v) is 3.03. The summed E-state index contributed by atoms with van der Waals surface area (Å²) in [5, 5.41) is 10.9. The van der Waals surface area contributed by atoms with Crippen LogP contribution in [0.3, 0.4) is 0 Å². The maximum absolute atomic E-state index is 12.5. The second-order valence-electron chi connectivity index (χ2n) is 4.73. The molecule has 0 unspecified atom stereocenters. The molecule has 0 fully saturated rings. The maximum atomic E-state index is 12.5. The second kappa shape index (κ2) is 6.15. The molecule has 124 valence electrons. The Hall–Kier alpha value is -1.77. The normalized spacial score (nSPS) is 14.5. The van der Waals surface area contributed by atoms with Gasteiger partial charge in [0.1, 0.15) is 0 Å². The number of aliphatic hydroxyl groups is 1. The number of amides is 1. The molecule has 0 aliphatic rings. The number of carbonyl (C=O) groups is 1. The minimum atomic E-state index is -6.02. The van der Waals surface area contributed by atoms with Gasteiger partial charge in [0.2, 0.25) is 5.91 Å². The number of hydrogen-bond donors (Lipinski definition) is 2. The molecule has 0 bridgehead atoms. The van der Waals surface area contributed by atoms with E-state index >= 15 is 0 Å². The second-order valence-corrected chi connectivity index (χ2v) is 4.73. The van der Waals surface area contributed by atoms with Gasteiger partial charge in [0.15, 0.2) is 0 Å². The fraction of sp³-hybridized carbons (Fsp3) is 0.462. The average Bonchev–Trinajstić information content (AvgIpc) is 2.36. The summed E-state index contributed by atoms with van der Waals surface area (Å²) in [6.07, 6.45) is -14.2. The topological polar surface area (TPSA) is 49.3 Å². The van der Waals surface area contributed by atoms with Gasteiger partial charge in [-0.05, 0) is 12.5 Å². The first-order valence-electron chi connectivity index (χ1n) is 6.08. The van der Waals surface area contributed by atoms with Gasteiger partial charge in [0.25, 0.3) is 5.60 Å². The lowest BCUT2D eigenvalue weighted by Crippen LogP contribution is -2.59. The van der Waals surface area contributed by atoms with Crippen LogP contribution in [0.15, 0.2) is 30.3 Å². The van der Waals surface area contributed by atoms with Crippen LogP contribution in [-0.4, -0.2) is 29.0 Å². The quantitative estimate of drug-likeness (QED) is 0.834. The lowest BCUT2D eigenvalue weighted by molar-refractivity contribution is -0.367. The Morgan fingerprint density at radius 3 is 1.95 bits per heavy atom. The van der Waals surface area contributed by atoms with Crippen LogP contribution in [0.25, 0.3) is 0 Å². The molecule has 1 amide bonds. The van der Waals surface area contributed by atoms with Crippen molar-refractivity contribution in [1.82, 2.24) is 5.32 Å². The van der Waals surface area contributed by atoms with Crippen molar-refractivity contribution in [3.63, 3.8) is 0 Å². The smallest absolute Gasteiger partial charge is 0.373 e. The fourth-order valence-electron chi connectivity index (χ4n) is 1.71. The largest absolute Gasteiger partial charge is 0.426 e. The van der Waals surface area contributed by atoms with E-state index in [0.29, 0.717) is 5.56 Å². The summed E-state index contributed by atoms with van der Waals surface area (Å²) in [6, 6.07) is 7.14. The highest BCUT2D eigenvalue weighted by Crippen LogP contribution is 2.45. The van der Waals surface area contributed by atoms with Gasteiger partial charge < -0.3 is 10.4 Å². The maximum Gasteiger partial charge on any atom is 0.426 e. The van der Waals surface area contributed by atoms with E-state index in [1.165, 1.54) is 6.92 Å². The highest BCUT2D eigenvalue weighted by molar-refractivity contribution is 5.77. The van der Waals surface area contributed by atoms with Crippen LogP contribution in [0.5, 0.6) is 0 Å². The van der Waals surface area contributed by atoms with E-state index in [2.05, 4.69) is 0 Å². The monoisotopic (exact) mass is 329 g/mol. The number of nitrogens with one attached hydrogen (secondary N) is 1. The van der Waals surface area contributed by atoms with E-state index < -0.39 is 36.3 Å². The van der Waals surface area contributed by atoms with Crippen molar-refractivity contribution in [2.24, 2.45) is 0 Å². The van der Waals surface area contributed by atoms with Crippen LogP contribution < -0.4 is 5.32 Å². The molecule has 1 aromatic rings. The highest BCUT2D eigenvalue weighted by atomic mass is 19.4. The van der Waals surface area contributed by atoms with Crippen LogP contribution in [0.2, 0.25) is 0 Å². The first kappa shape index (κ1) is 18.3. The van der Waals surface area contributed by atoms with E-state index in [1.807, 2.05) is 5.32 Å².